The van der Waals surface area contributed by atoms with Crippen LogP contribution in [-0.4, -0.2) is 24.9 Å². The van der Waals surface area contributed by atoms with E-state index in [0.717, 1.165) is 47.4 Å². The Hall–Kier alpha value is -3.66. The topological polar surface area (TPSA) is 109 Å². The fourth-order valence-electron chi connectivity index (χ4n) is 4.77. The molecule has 3 heterocycles. The number of nitriles is 2. The van der Waals surface area contributed by atoms with Gasteiger partial charge in [0, 0.05) is 38.3 Å². The van der Waals surface area contributed by atoms with E-state index in [9.17, 15) is 14.9 Å². The number of hydrogen-bond acceptors (Lipinski definition) is 6. The molecule has 0 atom stereocenters. The average Bonchev–Trinajstić information content (AvgIpc) is 3.43. The molecular formula is C26H24FN7S. The zero-order chi connectivity index (χ0) is 24.7. The van der Waals surface area contributed by atoms with E-state index in [0.29, 0.717) is 22.0 Å². The van der Waals surface area contributed by atoms with Gasteiger partial charge in [0.05, 0.1) is 35.1 Å². The second-order valence-electron chi connectivity index (χ2n) is 9.38. The lowest BCUT2D eigenvalue weighted by Crippen LogP contribution is -2.40. The van der Waals surface area contributed by atoms with Gasteiger partial charge in [-0.05, 0) is 63.8 Å². The van der Waals surface area contributed by atoms with Gasteiger partial charge in [-0.25, -0.2) is 8.91 Å². The second kappa shape index (κ2) is 8.84. The molecule has 9 heteroatoms. The average molecular weight is 486 g/mol. The maximum Gasteiger partial charge on any atom is 0.124 e. The first-order valence-electron chi connectivity index (χ1n) is 11.4. The van der Waals surface area contributed by atoms with Gasteiger partial charge < -0.3 is 5.73 Å². The van der Waals surface area contributed by atoms with Crippen molar-refractivity contribution in [2.24, 2.45) is 5.73 Å². The van der Waals surface area contributed by atoms with Crippen LogP contribution in [0, 0.1) is 35.4 Å². The summed E-state index contributed by atoms with van der Waals surface area (Å²) in [6, 6.07) is 10.7. The summed E-state index contributed by atoms with van der Waals surface area (Å²) >= 11 is 1.32. The molecule has 0 aliphatic heterocycles. The molecule has 1 fully saturated rings. The van der Waals surface area contributed by atoms with Crippen LogP contribution in [0.1, 0.15) is 55.5 Å². The Morgan fingerprint density at radius 3 is 2.54 bits per heavy atom. The van der Waals surface area contributed by atoms with Gasteiger partial charge in [0.25, 0.3) is 0 Å². The van der Waals surface area contributed by atoms with E-state index in [1.165, 1.54) is 30.1 Å². The fraction of sp³-hybridized carbons (Fsp3) is 0.308. The van der Waals surface area contributed by atoms with Crippen LogP contribution in [0.25, 0.3) is 16.6 Å². The van der Waals surface area contributed by atoms with Crippen molar-refractivity contribution < 1.29 is 4.39 Å². The molecule has 1 aromatic carbocycles. The number of hydrogen-bond donors (Lipinski definition) is 1. The van der Waals surface area contributed by atoms with Crippen molar-refractivity contribution in [3.05, 3.63) is 65.5 Å². The van der Waals surface area contributed by atoms with Crippen LogP contribution in [0.2, 0.25) is 0 Å². The van der Waals surface area contributed by atoms with Crippen LogP contribution in [0.4, 0.5) is 4.39 Å². The number of rotatable bonds is 4. The number of benzene rings is 1. The third-order valence-corrected chi connectivity index (χ3v) is 7.89. The minimum atomic E-state index is -0.465. The van der Waals surface area contributed by atoms with Gasteiger partial charge in [-0.3, -0.25) is 4.68 Å². The Kier molecular flexibility index (Phi) is 5.84. The van der Waals surface area contributed by atoms with Crippen molar-refractivity contribution in [1.82, 2.24) is 19.4 Å². The largest absolute Gasteiger partial charge is 0.325 e. The van der Waals surface area contributed by atoms with Crippen LogP contribution < -0.4 is 5.73 Å². The van der Waals surface area contributed by atoms with Gasteiger partial charge in [0.2, 0.25) is 0 Å². The molecule has 0 radical (unpaired) electrons. The van der Waals surface area contributed by atoms with Crippen LogP contribution in [0.15, 0.2) is 52.6 Å². The molecule has 0 bridgehead atoms. The van der Waals surface area contributed by atoms with Crippen LogP contribution in [0.5, 0.6) is 0 Å². The van der Waals surface area contributed by atoms with Gasteiger partial charge >= 0.3 is 0 Å². The molecule has 35 heavy (non-hydrogen) atoms. The van der Waals surface area contributed by atoms with Gasteiger partial charge in [0.15, 0.2) is 0 Å². The molecule has 1 aliphatic rings. The predicted molar refractivity (Wildman–Crippen MR) is 131 cm³/mol. The summed E-state index contributed by atoms with van der Waals surface area (Å²) < 4.78 is 17.5. The standard InChI is InChI=1S/C26H24FN7S/c1-16-22(14-32-34(16)21-5-7-26(2,30)8-6-21)18-10-24(25-19(12-29)13-31-33(25)15-18)35-23-4-3-20(27)9-17(23)11-28/h3-4,9-10,13-15,21H,5-8,30H2,1-2H3. The molecule has 7 nitrogen and oxygen atoms in total. The van der Waals surface area contributed by atoms with Gasteiger partial charge in [-0.1, -0.05) is 11.8 Å². The highest BCUT2D eigenvalue weighted by molar-refractivity contribution is 7.99. The normalized spacial score (nSPS) is 20.0. The van der Waals surface area contributed by atoms with Crippen molar-refractivity contribution in [2.45, 2.75) is 60.9 Å². The Morgan fingerprint density at radius 1 is 1.09 bits per heavy atom. The highest BCUT2D eigenvalue weighted by Gasteiger charge is 2.29. The minimum Gasteiger partial charge on any atom is -0.325 e. The third-order valence-electron chi connectivity index (χ3n) is 6.78. The summed E-state index contributed by atoms with van der Waals surface area (Å²) in [6.45, 7) is 4.17. The van der Waals surface area contributed by atoms with Gasteiger partial charge in [-0.2, -0.15) is 20.7 Å². The second-order valence-corrected chi connectivity index (χ2v) is 10.5. The van der Waals surface area contributed by atoms with E-state index < -0.39 is 5.82 Å². The van der Waals surface area contributed by atoms with E-state index >= 15 is 0 Å². The molecular weight excluding hydrogens is 461 g/mol. The third kappa shape index (κ3) is 4.29. The minimum absolute atomic E-state index is 0.112. The van der Waals surface area contributed by atoms with Gasteiger partial charge in [0.1, 0.15) is 18.0 Å². The molecule has 1 saturated carbocycles. The van der Waals surface area contributed by atoms with E-state index in [1.54, 1.807) is 10.6 Å². The molecule has 176 valence electrons. The smallest absolute Gasteiger partial charge is 0.124 e. The first-order valence-corrected chi connectivity index (χ1v) is 12.2. The predicted octanol–water partition coefficient (Wildman–Crippen LogP) is 5.37. The number of pyridine rings is 1. The molecule has 3 aromatic heterocycles. The van der Waals surface area contributed by atoms with E-state index in [-0.39, 0.29) is 11.1 Å². The number of nitrogens with two attached hydrogens (primary N) is 1. The Bertz CT molecular complexity index is 1510. The Balaban J connectivity index is 1.58. The summed E-state index contributed by atoms with van der Waals surface area (Å²) in [6.07, 6.45) is 9.19. The molecule has 0 saturated heterocycles. The number of fused-ring (bicyclic) bond motifs is 1. The van der Waals surface area contributed by atoms with E-state index in [2.05, 4.69) is 35.8 Å². The van der Waals surface area contributed by atoms with Crippen LogP contribution in [0.3, 0.4) is 0 Å². The molecule has 0 unspecified atom stereocenters. The van der Waals surface area contributed by atoms with Crippen molar-refractivity contribution in [2.75, 3.05) is 0 Å². The quantitative estimate of drug-likeness (QED) is 0.416. The lowest BCUT2D eigenvalue weighted by Gasteiger charge is -2.34. The van der Waals surface area contributed by atoms with Gasteiger partial charge in [-0.15, -0.1) is 0 Å². The summed E-state index contributed by atoms with van der Waals surface area (Å²) in [5.41, 5.74) is 10.5. The Morgan fingerprint density at radius 2 is 1.83 bits per heavy atom. The maximum absolute atomic E-state index is 13.7. The fourth-order valence-corrected chi connectivity index (χ4v) is 5.84. The SMILES string of the molecule is Cc1c(-c2cc(Sc3ccc(F)cc3C#N)c3c(C#N)cnn3c2)cnn1C1CCC(C)(N)CC1. The van der Waals surface area contributed by atoms with Crippen LogP contribution >= 0.6 is 11.8 Å². The monoisotopic (exact) mass is 485 g/mol. The molecule has 0 spiro atoms. The molecule has 0 amide bonds. The summed E-state index contributed by atoms with van der Waals surface area (Å²) in [5.74, 6) is -0.465. The lowest BCUT2D eigenvalue weighted by atomic mass is 9.81. The zero-order valence-corrected chi connectivity index (χ0v) is 20.3. The first kappa shape index (κ1) is 23.1. The number of halogens is 1. The van der Waals surface area contributed by atoms with E-state index in [4.69, 9.17) is 10.8 Å². The molecule has 4 aromatic rings. The molecule has 2 N–H and O–H groups in total. The van der Waals surface area contributed by atoms with Crippen LogP contribution in [-0.2, 0) is 0 Å². The zero-order valence-electron chi connectivity index (χ0n) is 19.5. The lowest BCUT2D eigenvalue weighted by molar-refractivity contribution is 0.238. The number of nitrogens with zero attached hydrogens (tertiary/aromatic N) is 6. The summed E-state index contributed by atoms with van der Waals surface area (Å²) in [7, 11) is 0. The molecule has 5 rings (SSSR count). The Labute approximate surface area is 207 Å². The van der Waals surface area contributed by atoms with Crippen molar-refractivity contribution in [1.29, 1.82) is 10.5 Å². The highest BCUT2D eigenvalue weighted by atomic mass is 32.2. The van der Waals surface area contributed by atoms with Crippen molar-refractivity contribution in [3.8, 4) is 23.3 Å². The molecule has 1 aliphatic carbocycles. The van der Waals surface area contributed by atoms with E-state index in [1.807, 2.05) is 18.5 Å². The summed E-state index contributed by atoms with van der Waals surface area (Å²) in [5, 5.41) is 28.2. The highest BCUT2D eigenvalue weighted by Crippen LogP contribution is 2.39. The maximum atomic E-state index is 13.7. The van der Waals surface area contributed by atoms with Crippen molar-refractivity contribution >= 4 is 17.3 Å². The summed E-state index contributed by atoms with van der Waals surface area (Å²) in [4.78, 5) is 1.36. The number of aromatic nitrogens is 4. The first-order chi connectivity index (χ1) is 16.8. The van der Waals surface area contributed by atoms with Crippen molar-refractivity contribution in [3.63, 3.8) is 0 Å².